The number of halogens is 2. The summed E-state index contributed by atoms with van der Waals surface area (Å²) in [5, 5.41) is 0. The number of piperidine rings is 1. The lowest BCUT2D eigenvalue weighted by molar-refractivity contribution is -0.158. The molecule has 2 saturated heterocycles. The molecule has 2 aliphatic heterocycles. The highest BCUT2D eigenvalue weighted by Crippen LogP contribution is 2.34. The highest BCUT2D eigenvalue weighted by atomic mass is 19.1. The molecule has 0 saturated carbocycles. The number of likely N-dealkylation sites (tertiary alicyclic amines) is 1. The molecule has 1 spiro atoms. The highest BCUT2D eigenvalue weighted by Gasteiger charge is 2.46. The van der Waals surface area contributed by atoms with Gasteiger partial charge in [0.1, 0.15) is 17.4 Å². The number of hydrogen-bond acceptors (Lipinski definition) is 4. The van der Waals surface area contributed by atoms with Gasteiger partial charge in [0.05, 0.1) is 12.2 Å². The number of Topliss-reactive ketones (excluding diaryl/α,β-unsaturated/α-hetero) is 1. The SMILES string of the molecule is CCN1CCC2(CC1)OCCN2C(=O)CCC(=O)c1ccc(F)cc1F. The van der Waals surface area contributed by atoms with E-state index in [1.165, 1.54) is 0 Å². The zero-order chi connectivity index (χ0) is 18.7. The van der Waals surface area contributed by atoms with E-state index in [2.05, 4.69) is 11.8 Å². The predicted molar refractivity (Wildman–Crippen MR) is 91.7 cm³/mol. The quantitative estimate of drug-likeness (QED) is 0.752. The Kier molecular flexibility index (Phi) is 5.67. The Bertz CT molecular complexity index is 687. The molecule has 0 radical (unpaired) electrons. The van der Waals surface area contributed by atoms with E-state index < -0.39 is 23.1 Å². The summed E-state index contributed by atoms with van der Waals surface area (Å²) >= 11 is 0. The standard InChI is InChI=1S/C19H24F2N2O3/c1-2-22-9-7-19(8-10-22)23(11-12-26-19)18(25)6-5-17(24)15-4-3-14(20)13-16(15)21/h3-4,13H,2,5-12H2,1H3. The first-order chi connectivity index (χ1) is 12.4. The summed E-state index contributed by atoms with van der Waals surface area (Å²) in [6, 6.07) is 2.85. The van der Waals surface area contributed by atoms with Crippen LogP contribution >= 0.6 is 0 Å². The minimum absolute atomic E-state index is 0.00173. The molecule has 2 fully saturated rings. The van der Waals surface area contributed by atoms with Crippen molar-refractivity contribution in [3.8, 4) is 0 Å². The monoisotopic (exact) mass is 366 g/mol. The summed E-state index contributed by atoms with van der Waals surface area (Å²) in [7, 11) is 0. The maximum atomic E-state index is 13.7. The molecule has 0 N–H and O–H groups in total. The van der Waals surface area contributed by atoms with Gasteiger partial charge in [0.2, 0.25) is 5.91 Å². The second kappa shape index (κ2) is 7.80. The molecule has 2 heterocycles. The molecule has 1 aromatic rings. The molecule has 3 rings (SSSR count). The van der Waals surface area contributed by atoms with Crippen molar-refractivity contribution >= 4 is 11.7 Å². The molecule has 2 aliphatic rings. The number of ether oxygens (including phenoxy) is 1. The number of amides is 1. The van der Waals surface area contributed by atoms with Crippen molar-refractivity contribution < 1.29 is 23.1 Å². The minimum Gasteiger partial charge on any atom is -0.354 e. The van der Waals surface area contributed by atoms with Gasteiger partial charge in [0, 0.05) is 51.4 Å². The fourth-order valence-electron chi connectivity index (χ4n) is 3.80. The zero-order valence-corrected chi connectivity index (χ0v) is 15.0. The summed E-state index contributed by atoms with van der Waals surface area (Å²) in [5.41, 5.74) is -0.740. The Morgan fingerprint density at radius 1 is 1.15 bits per heavy atom. The molecule has 5 nitrogen and oxygen atoms in total. The lowest BCUT2D eigenvalue weighted by Gasteiger charge is -2.43. The third-order valence-corrected chi connectivity index (χ3v) is 5.36. The Morgan fingerprint density at radius 3 is 2.54 bits per heavy atom. The third kappa shape index (κ3) is 3.78. The van der Waals surface area contributed by atoms with Crippen LogP contribution in [0.25, 0.3) is 0 Å². The number of hydrogen-bond donors (Lipinski definition) is 0. The molecule has 0 aliphatic carbocycles. The van der Waals surface area contributed by atoms with Crippen molar-refractivity contribution in [3.05, 3.63) is 35.4 Å². The molecule has 1 amide bonds. The lowest BCUT2D eigenvalue weighted by atomic mass is 9.98. The largest absolute Gasteiger partial charge is 0.354 e. The number of ketones is 1. The molecule has 0 bridgehead atoms. The van der Waals surface area contributed by atoms with Gasteiger partial charge in [-0.3, -0.25) is 9.59 Å². The van der Waals surface area contributed by atoms with Crippen LogP contribution < -0.4 is 0 Å². The molecule has 142 valence electrons. The van der Waals surface area contributed by atoms with E-state index in [1.807, 2.05) is 0 Å². The van der Waals surface area contributed by atoms with Crippen LogP contribution in [0.4, 0.5) is 8.78 Å². The van der Waals surface area contributed by atoms with E-state index >= 15 is 0 Å². The minimum atomic E-state index is -0.893. The topological polar surface area (TPSA) is 49.9 Å². The van der Waals surface area contributed by atoms with Crippen molar-refractivity contribution in [1.82, 2.24) is 9.80 Å². The van der Waals surface area contributed by atoms with Gasteiger partial charge in [-0.2, -0.15) is 0 Å². The van der Waals surface area contributed by atoms with Crippen molar-refractivity contribution in [2.45, 2.75) is 38.3 Å². The molecule has 0 unspecified atom stereocenters. The first-order valence-electron chi connectivity index (χ1n) is 9.10. The molecule has 0 atom stereocenters. The normalized spacial score (nSPS) is 19.9. The first-order valence-corrected chi connectivity index (χ1v) is 9.10. The maximum Gasteiger partial charge on any atom is 0.225 e. The molecule has 0 aromatic heterocycles. The number of benzene rings is 1. The molecular weight excluding hydrogens is 342 g/mol. The van der Waals surface area contributed by atoms with Crippen molar-refractivity contribution in [3.63, 3.8) is 0 Å². The average Bonchev–Trinajstić information content (AvgIpc) is 3.03. The summed E-state index contributed by atoms with van der Waals surface area (Å²) in [6.07, 6.45) is 1.41. The van der Waals surface area contributed by atoms with Crippen LogP contribution in [0.3, 0.4) is 0 Å². The zero-order valence-electron chi connectivity index (χ0n) is 15.0. The van der Waals surface area contributed by atoms with Crippen molar-refractivity contribution in [1.29, 1.82) is 0 Å². The molecule has 1 aromatic carbocycles. The molecule has 26 heavy (non-hydrogen) atoms. The Morgan fingerprint density at radius 2 is 1.88 bits per heavy atom. The van der Waals surface area contributed by atoms with E-state index in [9.17, 15) is 18.4 Å². The third-order valence-electron chi connectivity index (χ3n) is 5.36. The molecule has 7 heteroatoms. The number of carbonyl (C=O) groups excluding carboxylic acids is 2. The van der Waals surface area contributed by atoms with E-state index in [-0.39, 0.29) is 24.3 Å². The summed E-state index contributed by atoms with van der Waals surface area (Å²) in [4.78, 5) is 28.9. The Hall–Kier alpha value is -1.86. The van der Waals surface area contributed by atoms with Crippen LogP contribution in [0.5, 0.6) is 0 Å². The van der Waals surface area contributed by atoms with Crippen LogP contribution in [0, 0.1) is 11.6 Å². The molecular formula is C19H24F2N2O3. The highest BCUT2D eigenvalue weighted by molar-refractivity contribution is 5.98. The predicted octanol–water partition coefficient (Wildman–Crippen LogP) is 2.60. The average molecular weight is 366 g/mol. The Labute approximate surface area is 151 Å². The van der Waals surface area contributed by atoms with Crippen molar-refractivity contribution in [2.24, 2.45) is 0 Å². The van der Waals surface area contributed by atoms with Gasteiger partial charge < -0.3 is 14.5 Å². The lowest BCUT2D eigenvalue weighted by Crippen LogP contribution is -2.54. The van der Waals surface area contributed by atoms with Crippen molar-refractivity contribution in [2.75, 3.05) is 32.8 Å². The van der Waals surface area contributed by atoms with Gasteiger partial charge in [0.25, 0.3) is 0 Å². The van der Waals surface area contributed by atoms with Crippen LogP contribution in [0.2, 0.25) is 0 Å². The Balaban J connectivity index is 1.60. The van der Waals surface area contributed by atoms with E-state index in [4.69, 9.17) is 4.74 Å². The van der Waals surface area contributed by atoms with E-state index in [0.29, 0.717) is 19.2 Å². The van der Waals surface area contributed by atoms with Gasteiger partial charge >= 0.3 is 0 Å². The van der Waals surface area contributed by atoms with Crippen LogP contribution in [-0.4, -0.2) is 60.0 Å². The number of nitrogens with zero attached hydrogens (tertiary/aromatic N) is 2. The fourth-order valence-corrected chi connectivity index (χ4v) is 3.80. The fraction of sp³-hybridized carbons (Fsp3) is 0.579. The summed E-state index contributed by atoms with van der Waals surface area (Å²) in [5.74, 6) is -2.27. The summed E-state index contributed by atoms with van der Waals surface area (Å²) < 4.78 is 32.6. The van der Waals surface area contributed by atoms with Gasteiger partial charge in [-0.25, -0.2) is 8.78 Å². The van der Waals surface area contributed by atoms with Crippen LogP contribution in [0.15, 0.2) is 18.2 Å². The maximum absolute atomic E-state index is 13.7. The van der Waals surface area contributed by atoms with Gasteiger partial charge in [-0.1, -0.05) is 6.92 Å². The number of carbonyl (C=O) groups is 2. The smallest absolute Gasteiger partial charge is 0.225 e. The number of rotatable bonds is 5. The van der Waals surface area contributed by atoms with Gasteiger partial charge in [-0.15, -0.1) is 0 Å². The second-order valence-corrected chi connectivity index (χ2v) is 6.82. The second-order valence-electron chi connectivity index (χ2n) is 6.82. The first kappa shape index (κ1) is 18.9. The summed E-state index contributed by atoms with van der Waals surface area (Å²) in [6.45, 7) is 5.85. The van der Waals surface area contributed by atoms with Crippen LogP contribution in [0.1, 0.15) is 43.0 Å². The van der Waals surface area contributed by atoms with Gasteiger partial charge in [0.15, 0.2) is 5.78 Å². The van der Waals surface area contributed by atoms with Crippen LogP contribution in [-0.2, 0) is 9.53 Å². The van der Waals surface area contributed by atoms with E-state index in [1.54, 1.807) is 4.90 Å². The van der Waals surface area contributed by atoms with Gasteiger partial charge in [-0.05, 0) is 18.7 Å². The van der Waals surface area contributed by atoms with E-state index in [0.717, 1.165) is 44.6 Å².